The molecule has 0 N–H and O–H groups in total. The second-order valence-electron chi connectivity index (χ2n) is 4.16. The molecule has 0 aliphatic carbocycles. The highest BCUT2D eigenvalue weighted by molar-refractivity contribution is 9.10. The maximum Gasteiger partial charge on any atom is 0.291 e. The molecular weight excluding hydrogens is 392 g/mol. The summed E-state index contributed by atoms with van der Waals surface area (Å²) >= 11 is 6.67. The van der Waals surface area contributed by atoms with Crippen LogP contribution in [-0.4, -0.2) is 9.91 Å². The molecule has 0 unspecified atom stereocenters. The fraction of sp³-hybridized carbons (Fsp3) is 0.154. The first-order valence-corrected chi connectivity index (χ1v) is 7.22. The van der Waals surface area contributed by atoms with Crippen LogP contribution in [0.3, 0.4) is 0 Å². The summed E-state index contributed by atoms with van der Waals surface area (Å²) in [6.07, 6.45) is 1.20. The number of hydrogen-bond acceptors (Lipinski definition) is 4. The molecule has 0 aliphatic heterocycles. The van der Waals surface area contributed by atoms with Crippen LogP contribution >= 0.6 is 31.9 Å². The van der Waals surface area contributed by atoms with Crippen molar-refractivity contribution in [3.63, 3.8) is 0 Å². The number of pyridine rings is 1. The van der Waals surface area contributed by atoms with Crippen LogP contribution in [-0.2, 0) is 0 Å². The molecule has 0 amide bonds. The van der Waals surface area contributed by atoms with Crippen molar-refractivity contribution in [3.8, 4) is 11.6 Å². The summed E-state index contributed by atoms with van der Waals surface area (Å²) in [4.78, 5) is 14.4. The zero-order chi connectivity index (χ0) is 14.9. The van der Waals surface area contributed by atoms with E-state index in [0.29, 0.717) is 21.7 Å². The van der Waals surface area contributed by atoms with E-state index in [1.165, 1.54) is 6.20 Å². The van der Waals surface area contributed by atoms with Crippen molar-refractivity contribution in [2.75, 3.05) is 0 Å². The lowest BCUT2D eigenvalue weighted by molar-refractivity contribution is -0.385. The largest absolute Gasteiger partial charge is 0.438 e. The third-order valence-corrected chi connectivity index (χ3v) is 4.17. The zero-order valence-electron chi connectivity index (χ0n) is 10.7. The van der Waals surface area contributed by atoms with E-state index in [2.05, 4.69) is 36.8 Å². The lowest BCUT2D eigenvalue weighted by atomic mass is 10.2. The Bertz CT molecular complexity index is 690. The molecule has 1 aromatic carbocycles. The minimum absolute atomic E-state index is 0.0447. The molecule has 20 heavy (non-hydrogen) atoms. The third kappa shape index (κ3) is 2.99. The SMILES string of the molecule is Cc1cc(Br)ccc1Oc1ncc([N+](=O)[O-])c(C)c1Br. The van der Waals surface area contributed by atoms with Crippen molar-refractivity contribution in [1.82, 2.24) is 4.98 Å². The van der Waals surface area contributed by atoms with Gasteiger partial charge in [-0.2, -0.15) is 0 Å². The minimum Gasteiger partial charge on any atom is -0.438 e. The molecule has 1 aromatic heterocycles. The van der Waals surface area contributed by atoms with Crippen LogP contribution in [0.15, 0.2) is 33.3 Å². The van der Waals surface area contributed by atoms with Crippen molar-refractivity contribution >= 4 is 37.5 Å². The Labute approximate surface area is 132 Å². The molecule has 1 heterocycles. The van der Waals surface area contributed by atoms with E-state index in [4.69, 9.17) is 4.74 Å². The van der Waals surface area contributed by atoms with E-state index < -0.39 is 4.92 Å². The summed E-state index contributed by atoms with van der Waals surface area (Å²) in [5, 5.41) is 10.8. The monoisotopic (exact) mass is 400 g/mol. The number of hydrogen-bond donors (Lipinski definition) is 0. The van der Waals surface area contributed by atoms with Gasteiger partial charge in [0.1, 0.15) is 11.9 Å². The molecule has 0 saturated carbocycles. The van der Waals surface area contributed by atoms with Crippen LogP contribution < -0.4 is 4.74 Å². The first-order chi connectivity index (χ1) is 9.40. The molecule has 0 spiro atoms. The van der Waals surface area contributed by atoms with E-state index in [9.17, 15) is 10.1 Å². The Kier molecular flexibility index (Phi) is 4.39. The number of nitrogens with zero attached hydrogens (tertiary/aromatic N) is 2. The van der Waals surface area contributed by atoms with Crippen molar-refractivity contribution < 1.29 is 9.66 Å². The molecule has 0 radical (unpaired) electrons. The van der Waals surface area contributed by atoms with Gasteiger partial charge in [-0.25, -0.2) is 4.98 Å². The number of benzene rings is 1. The maximum absolute atomic E-state index is 10.8. The second kappa shape index (κ2) is 5.88. The molecule has 7 heteroatoms. The lowest BCUT2D eigenvalue weighted by Gasteiger charge is -2.10. The van der Waals surface area contributed by atoms with E-state index in [1.54, 1.807) is 6.92 Å². The second-order valence-corrected chi connectivity index (χ2v) is 5.87. The Morgan fingerprint density at radius 2 is 2.00 bits per heavy atom. The predicted octanol–water partition coefficient (Wildman–Crippen LogP) is 4.92. The Hall–Kier alpha value is -1.47. The van der Waals surface area contributed by atoms with Gasteiger partial charge < -0.3 is 4.74 Å². The number of ether oxygens (including phenoxy) is 1. The van der Waals surface area contributed by atoms with Gasteiger partial charge in [-0.15, -0.1) is 0 Å². The number of aromatic nitrogens is 1. The Morgan fingerprint density at radius 3 is 2.60 bits per heavy atom. The molecule has 0 atom stereocenters. The van der Waals surface area contributed by atoms with E-state index in [0.717, 1.165) is 10.0 Å². The molecular formula is C13H10Br2N2O3. The van der Waals surface area contributed by atoms with E-state index >= 15 is 0 Å². The lowest BCUT2D eigenvalue weighted by Crippen LogP contribution is -1.98. The molecule has 0 saturated heterocycles. The first-order valence-electron chi connectivity index (χ1n) is 5.63. The number of rotatable bonds is 3. The minimum atomic E-state index is -0.470. The first kappa shape index (κ1) is 14.9. The van der Waals surface area contributed by atoms with Gasteiger partial charge in [0, 0.05) is 10.0 Å². The van der Waals surface area contributed by atoms with Gasteiger partial charge in [-0.1, -0.05) is 15.9 Å². The van der Waals surface area contributed by atoms with Crippen LogP contribution in [0.4, 0.5) is 5.69 Å². The van der Waals surface area contributed by atoms with Crippen LogP contribution in [0.2, 0.25) is 0 Å². The van der Waals surface area contributed by atoms with Gasteiger partial charge in [0.25, 0.3) is 5.69 Å². The molecule has 0 aliphatic rings. The predicted molar refractivity (Wildman–Crippen MR) is 82.3 cm³/mol. The fourth-order valence-corrected chi connectivity index (χ4v) is 2.49. The topological polar surface area (TPSA) is 65.3 Å². The summed E-state index contributed by atoms with van der Waals surface area (Å²) in [7, 11) is 0. The van der Waals surface area contributed by atoms with Gasteiger partial charge in [-0.05, 0) is 53.5 Å². The normalized spacial score (nSPS) is 10.4. The van der Waals surface area contributed by atoms with Crippen molar-refractivity contribution in [2.24, 2.45) is 0 Å². The third-order valence-electron chi connectivity index (χ3n) is 2.75. The summed E-state index contributed by atoms with van der Waals surface area (Å²) in [5.41, 5.74) is 1.37. The summed E-state index contributed by atoms with van der Waals surface area (Å²) in [6, 6.07) is 5.58. The van der Waals surface area contributed by atoms with Gasteiger partial charge >= 0.3 is 0 Å². The van der Waals surface area contributed by atoms with Crippen LogP contribution in [0.5, 0.6) is 11.6 Å². The van der Waals surface area contributed by atoms with Gasteiger partial charge in [0.2, 0.25) is 5.88 Å². The number of aryl methyl sites for hydroxylation is 1. The highest BCUT2D eigenvalue weighted by atomic mass is 79.9. The Morgan fingerprint density at radius 1 is 1.30 bits per heavy atom. The van der Waals surface area contributed by atoms with E-state index in [1.807, 2.05) is 25.1 Å². The smallest absolute Gasteiger partial charge is 0.291 e. The summed E-state index contributed by atoms with van der Waals surface area (Å²) < 4.78 is 7.14. The van der Waals surface area contributed by atoms with Crippen LogP contribution in [0.25, 0.3) is 0 Å². The maximum atomic E-state index is 10.8. The standard InChI is InChI=1S/C13H10Br2N2O3/c1-7-5-9(14)3-4-11(7)20-13-12(15)8(2)10(6-16-13)17(18)19/h3-6H,1-2H3. The molecule has 0 bridgehead atoms. The molecule has 2 aromatic rings. The average molecular weight is 402 g/mol. The van der Waals surface area contributed by atoms with Gasteiger partial charge in [0.05, 0.1) is 9.40 Å². The summed E-state index contributed by atoms with van der Waals surface area (Å²) in [6.45, 7) is 3.55. The fourth-order valence-electron chi connectivity index (χ4n) is 1.63. The zero-order valence-corrected chi connectivity index (χ0v) is 13.9. The highest BCUT2D eigenvalue weighted by Gasteiger charge is 2.18. The number of halogens is 2. The quantitative estimate of drug-likeness (QED) is 0.540. The molecule has 5 nitrogen and oxygen atoms in total. The van der Waals surface area contributed by atoms with Gasteiger partial charge in [0.15, 0.2) is 0 Å². The van der Waals surface area contributed by atoms with E-state index in [-0.39, 0.29) is 5.69 Å². The van der Waals surface area contributed by atoms with Crippen LogP contribution in [0, 0.1) is 24.0 Å². The van der Waals surface area contributed by atoms with Crippen molar-refractivity contribution in [1.29, 1.82) is 0 Å². The Balaban J connectivity index is 2.39. The van der Waals surface area contributed by atoms with Crippen LogP contribution in [0.1, 0.15) is 11.1 Å². The highest BCUT2D eigenvalue weighted by Crippen LogP contribution is 2.35. The summed E-state index contributed by atoms with van der Waals surface area (Å²) in [5.74, 6) is 0.952. The molecule has 2 rings (SSSR count). The van der Waals surface area contributed by atoms with Crippen molar-refractivity contribution in [3.05, 3.63) is 54.6 Å². The number of nitro groups is 1. The molecule has 0 fully saturated rings. The van der Waals surface area contributed by atoms with Crippen molar-refractivity contribution in [2.45, 2.75) is 13.8 Å². The van der Waals surface area contributed by atoms with Gasteiger partial charge in [-0.3, -0.25) is 10.1 Å². The average Bonchev–Trinajstić information content (AvgIpc) is 2.37. The molecule has 104 valence electrons.